The molecule has 3 fully saturated rings. The molecule has 0 bridgehead atoms. The van der Waals surface area contributed by atoms with Crippen LogP contribution < -0.4 is 5.32 Å². The van der Waals surface area contributed by atoms with E-state index >= 15 is 0 Å². The number of ether oxygens (including phenoxy) is 2. The number of nitrogens with zero attached hydrogens (tertiary/aromatic N) is 2. The number of hydrogen-bond acceptors (Lipinski definition) is 6. The summed E-state index contributed by atoms with van der Waals surface area (Å²) in [4.78, 5) is 16.7. The van der Waals surface area contributed by atoms with Crippen molar-refractivity contribution in [2.75, 3.05) is 32.7 Å². The van der Waals surface area contributed by atoms with Crippen LogP contribution in [-0.4, -0.2) is 65.7 Å². The minimum absolute atomic E-state index is 0.0341. The Morgan fingerprint density at radius 1 is 0.860 bits per heavy atom. The number of carbonyl (C=O) groups is 1. The number of aliphatic hydroxyl groups excluding tert-OH is 1. The van der Waals surface area contributed by atoms with Gasteiger partial charge in [-0.25, -0.2) is 0 Å². The summed E-state index contributed by atoms with van der Waals surface area (Å²) in [6.07, 6.45) is 5.43. The van der Waals surface area contributed by atoms with Gasteiger partial charge in [-0.15, -0.1) is 0 Å². The Morgan fingerprint density at radius 2 is 1.63 bits per heavy atom. The molecule has 3 aromatic carbocycles. The van der Waals surface area contributed by atoms with Gasteiger partial charge < -0.3 is 24.8 Å². The zero-order chi connectivity index (χ0) is 29.6. The lowest BCUT2D eigenvalue weighted by Crippen LogP contribution is -2.45. The molecule has 4 atom stereocenters. The van der Waals surface area contributed by atoms with E-state index in [2.05, 4.69) is 63.6 Å². The Kier molecular flexibility index (Phi) is 9.86. The maximum Gasteiger partial charge on any atom is 0.217 e. The fraction of sp³-hybridized carbons (Fsp3) is 0.472. The van der Waals surface area contributed by atoms with Crippen molar-refractivity contribution in [3.05, 3.63) is 95.1 Å². The number of aliphatic hydroxyl groups is 1. The molecular weight excluding hydrogens is 538 g/mol. The number of amides is 1. The van der Waals surface area contributed by atoms with Gasteiger partial charge in [0.2, 0.25) is 5.91 Å². The second kappa shape index (κ2) is 14.1. The van der Waals surface area contributed by atoms with E-state index in [0.29, 0.717) is 12.6 Å². The Hall–Kier alpha value is -3.07. The predicted octanol–water partition coefficient (Wildman–Crippen LogP) is 5.59. The van der Waals surface area contributed by atoms with Gasteiger partial charge in [-0.05, 0) is 85.3 Å². The molecule has 7 heteroatoms. The normalized spacial score (nSPS) is 24.8. The molecule has 3 aliphatic heterocycles. The standard InChI is InChI=1S/C36H45N3O4/c1-26(41)37-22-28-7-4-8-30(19-28)31-9-5-10-32(20-31)36-42-34(21-35(43-36)29-14-12-27(25-40)13-15-29)24-39-18-6-11-33(39)23-38-16-2-3-17-38/h4-5,7-10,12-15,19-20,33-36,40H,2-3,6,11,16-18,21-25H2,1H3,(H,37,41)/t33-,34+,35-,36-/m0/s1. The summed E-state index contributed by atoms with van der Waals surface area (Å²) in [5.41, 5.74) is 6.26. The zero-order valence-electron chi connectivity index (χ0n) is 25.3. The van der Waals surface area contributed by atoms with Crippen LogP contribution >= 0.6 is 0 Å². The second-order valence-electron chi connectivity index (χ2n) is 12.4. The van der Waals surface area contributed by atoms with Gasteiger partial charge in [0.05, 0.1) is 18.8 Å². The van der Waals surface area contributed by atoms with Crippen molar-refractivity contribution < 1.29 is 19.4 Å². The lowest BCUT2D eigenvalue weighted by molar-refractivity contribution is -0.253. The molecule has 3 aliphatic rings. The van der Waals surface area contributed by atoms with Gasteiger partial charge in [-0.1, -0.05) is 60.7 Å². The molecule has 1 amide bonds. The third-order valence-electron chi connectivity index (χ3n) is 9.18. The number of nitrogens with one attached hydrogen (secondary N) is 1. The topological polar surface area (TPSA) is 74.3 Å². The highest BCUT2D eigenvalue weighted by Crippen LogP contribution is 2.39. The van der Waals surface area contributed by atoms with Gasteiger partial charge in [0.15, 0.2) is 6.29 Å². The van der Waals surface area contributed by atoms with Gasteiger partial charge in [-0.3, -0.25) is 9.69 Å². The second-order valence-corrected chi connectivity index (χ2v) is 12.4. The molecule has 0 unspecified atom stereocenters. The van der Waals surface area contributed by atoms with E-state index in [-0.39, 0.29) is 24.7 Å². The first-order chi connectivity index (χ1) is 21.0. The third kappa shape index (κ3) is 7.72. The third-order valence-corrected chi connectivity index (χ3v) is 9.18. The molecule has 6 rings (SSSR count). The van der Waals surface area contributed by atoms with Crippen LogP contribution in [0.15, 0.2) is 72.8 Å². The minimum Gasteiger partial charge on any atom is -0.392 e. The van der Waals surface area contributed by atoms with Crippen LogP contribution in [-0.2, 0) is 27.4 Å². The van der Waals surface area contributed by atoms with E-state index in [1.807, 2.05) is 24.3 Å². The van der Waals surface area contributed by atoms with E-state index in [1.165, 1.54) is 52.2 Å². The van der Waals surface area contributed by atoms with E-state index in [9.17, 15) is 9.90 Å². The van der Waals surface area contributed by atoms with Gasteiger partial charge >= 0.3 is 0 Å². The first-order valence-corrected chi connectivity index (χ1v) is 15.9. The fourth-order valence-electron chi connectivity index (χ4n) is 6.85. The lowest BCUT2D eigenvalue weighted by atomic mass is 9.98. The number of benzene rings is 3. The van der Waals surface area contributed by atoms with Gasteiger partial charge in [0, 0.05) is 44.6 Å². The Balaban J connectivity index is 1.22. The molecular formula is C36H45N3O4. The molecule has 0 saturated carbocycles. The number of hydrogen-bond donors (Lipinski definition) is 2. The molecule has 0 aromatic heterocycles. The van der Waals surface area contributed by atoms with Crippen molar-refractivity contribution in [3.63, 3.8) is 0 Å². The Labute approximate surface area is 255 Å². The molecule has 3 aromatic rings. The monoisotopic (exact) mass is 583 g/mol. The van der Waals surface area contributed by atoms with E-state index in [0.717, 1.165) is 52.9 Å². The van der Waals surface area contributed by atoms with Crippen LogP contribution in [0.5, 0.6) is 0 Å². The van der Waals surface area contributed by atoms with Crippen LogP contribution in [0.2, 0.25) is 0 Å². The van der Waals surface area contributed by atoms with Crippen LogP contribution in [0.3, 0.4) is 0 Å². The highest BCUT2D eigenvalue weighted by atomic mass is 16.7. The SMILES string of the molecule is CC(=O)NCc1cccc(-c2cccc([C@H]3O[C@@H](CN4CCC[C@H]4CN4CCCC4)C[C@@H](c4ccc(CO)cc4)O3)c2)c1. The zero-order valence-corrected chi connectivity index (χ0v) is 25.3. The maximum absolute atomic E-state index is 11.4. The van der Waals surface area contributed by atoms with Gasteiger partial charge in [0.25, 0.3) is 0 Å². The predicted molar refractivity (Wildman–Crippen MR) is 168 cm³/mol. The summed E-state index contributed by atoms with van der Waals surface area (Å²) in [7, 11) is 0. The molecule has 0 radical (unpaired) electrons. The quantitative estimate of drug-likeness (QED) is 0.324. The number of carbonyl (C=O) groups excluding carboxylic acids is 1. The first kappa shape index (κ1) is 30.0. The van der Waals surface area contributed by atoms with Crippen molar-refractivity contribution in [1.29, 1.82) is 0 Å². The molecule has 0 aliphatic carbocycles. The summed E-state index contributed by atoms with van der Waals surface area (Å²) in [6.45, 7) is 7.76. The van der Waals surface area contributed by atoms with Gasteiger partial charge in [-0.2, -0.15) is 0 Å². The summed E-state index contributed by atoms with van der Waals surface area (Å²) >= 11 is 0. The Morgan fingerprint density at radius 3 is 2.40 bits per heavy atom. The summed E-state index contributed by atoms with van der Waals surface area (Å²) in [5.74, 6) is -0.0367. The van der Waals surface area contributed by atoms with E-state index < -0.39 is 6.29 Å². The average molecular weight is 584 g/mol. The lowest BCUT2D eigenvalue weighted by Gasteiger charge is -2.39. The Bertz CT molecular complexity index is 1360. The molecule has 3 saturated heterocycles. The summed E-state index contributed by atoms with van der Waals surface area (Å²) < 4.78 is 13.4. The largest absolute Gasteiger partial charge is 0.392 e. The van der Waals surface area contributed by atoms with Crippen LogP contribution in [0.25, 0.3) is 11.1 Å². The first-order valence-electron chi connectivity index (χ1n) is 15.9. The smallest absolute Gasteiger partial charge is 0.217 e. The fourth-order valence-corrected chi connectivity index (χ4v) is 6.85. The van der Waals surface area contributed by atoms with E-state index in [4.69, 9.17) is 9.47 Å². The molecule has 7 nitrogen and oxygen atoms in total. The van der Waals surface area contributed by atoms with Crippen molar-refractivity contribution in [1.82, 2.24) is 15.1 Å². The number of likely N-dealkylation sites (tertiary alicyclic amines) is 2. The minimum atomic E-state index is -0.483. The highest BCUT2D eigenvalue weighted by Gasteiger charge is 2.36. The van der Waals surface area contributed by atoms with Crippen LogP contribution in [0.1, 0.15) is 73.7 Å². The summed E-state index contributed by atoms with van der Waals surface area (Å²) in [6, 6.07) is 25.5. The molecule has 228 valence electrons. The molecule has 0 spiro atoms. The van der Waals surface area contributed by atoms with E-state index in [1.54, 1.807) is 0 Å². The van der Waals surface area contributed by atoms with Gasteiger partial charge in [0.1, 0.15) is 0 Å². The molecule has 2 N–H and O–H groups in total. The van der Waals surface area contributed by atoms with Crippen molar-refractivity contribution in [3.8, 4) is 11.1 Å². The highest BCUT2D eigenvalue weighted by molar-refractivity contribution is 5.73. The van der Waals surface area contributed by atoms with Crippen LogP contribution in [0, 0.1) is 0 Å². The van der Waals surface area contributed by atoms with Crippen molar-refractivity contribution in [2.24, 2.45) is 0 Å². The average Bonchev–Trinajstić information content (AvgIpc) is 3.72. The van der Waals surface area contributed by atoms with Crippen molar-refractivity contribution in [2.45, 2.75) is 76.7 Å². The molecule has 43 heavy (non-hydrogen) atoms. The summed E-state index contributed by atoms with van der Waals surface area (Å²) in [5, 5.41) is 12.5. The van der Waals surface area contributed by atoms with Crippen LogP contribution in [0.4, 0.5) is 0 Å². The molecule has 3 heterocycles. The van der Waals surface area contributed by atoms with Crippen molar-refractivity contribution >= 4 is 5.91 Å². The maximum atomic E-state index is 11.4. The number of rotatable bonds is 10.